The molecule has 2 N–H and O–H groups in total. The van der Waals surface area contributed by atoms with Crippen LogP contribution in [0.2, 0.25) is 5.15 Å². The number of carbonyl (C=O) groups is 1. The fourth-order valence-electron chi connectivity index (χ4n) is 6.14. The molecule has 0 spiro atoms. The Labute approximate surface area is 253 Å². The van der Waals surface area contributed by atoms with E-state index in [-0.39, 0.29) is 27.5 Å². The van der Waals surface area contributed by atoms with E-state index in [9.17, 15) is 18.0 Å². The molecule has 3 atom stereocenters. The third-order valence-corrected chi connectivity index (χ3v) is 9.07. The number of aromatic nitrogens is 5. The van der Waals surface area contributed by atoms with Crippen molar-refractivity contribution >= 4 is 50.1 Å². The Morgan fingerprint density at radius 2 is 1.88 bits per heavy atom. The molecule has 12 nitrogen and oxygen atoms in total. The minimum Gasteiger partial charge on any atom is -0.377 e. The summed E-state index contributed by atoms with van der Waals surface area (Å²) in [5.74, 6) is 0.826. The van der Waals surface area contributed by atoms with Crippen molar-refractivity contribution in [2.45, 2.75) is 38.6 Å². The highest BCUT2D eigenvalue weighted by Crippen LogP contribution is 2.59. The van der Waals surface area contributed by atoms with Crippen molar-refractivity contribution in [2.24, 2.45) is 13.0 Å². The number of sulfonamides is 1. The van der Waals surface area contributed by atoms with Gasteiger partial charge in [-0.3, -0.25) is 14.2 Å². The lowest BCUT2D eigenvalue weighted by Gasteiger charge is -2.25. The average molecular weight is 623 g/mol. The average Bonchev–Trinajstić information content (AvgIpc) is 3.51. The molecule has 1 saturated heterocycles. The molecule has 4 heterocycles. The van der Waals surface area contributed by atoms with E-state index in [1.54, 1.807) is 17.7 Å². The van der Waals surface area contributed by atoms with E-state index in [0.717, 1.165) is 41.7 Å². The zero-order chi connectivity index (χ0) is 30.8. The first kappa shape index (κ1) is 29.0. The lowest BCUT2D eigenvalue weighted by atomic mass is 9.98. The third kappa shape index (κ3) is 5.31. The maximum absolute atomic E-state index is 13.7. The third-order valence-electron chi connectivity index (χ3n) is 8.31. The molecule has 0 radical (unpaired) electrons. The number of anilines is 2. The van der Waals surface area contributed by atoms with Gasteiger partial charge in [0.2, 0.25) is 16.0 Å². The topological polar surface area (TPSA) is 152 Å². The predicted octanol–water partition coefficient (Wildman–Crippen LogP) is 3.03. The fraction of sp³-hybridized carbons (Fsp3) is 0.379. The first-order chi connectivity index (χ1) is 20.3. The van der Waals surface area contributed by atoms with Crippen LogP contribution < -0.4 is 20.5 Å². The van der Waals surface area contributed by atoms with E-state index in [0.29, 0.717) is 29.3 Å². The molecule has 14 heteroatoms. The highest BCUT2D eigenvalue weighted by Gasteiger charge is 2.61. The Hall–Kier alpha value is -4.10. The van der Waals surface area contributed by atoms with Crippen LogP contribution in [0.4, 0.5) is 11.6 Å². The van der Waals surface area contributed by atoms with Crippen LogP contribution >= 0.6 is 11.6 Å². The van der Waals surface area contributed by atoms with Crippen LogP contribution in [-0.2, 0) is 22.5 Å². The molecule has 1 saturated carbocycles. The van der Waals surface area contributed by atoms with Gasteiger partial charge in [-0.05, 0) is 62.4 Å². The molecule has 2 aliphatic rings. The van der Waals surface area contributed by atoms with E-state index in [2.05, 4.69) is 25.2 Å². The van der Waals surface area contributed by atoms with Gasteiger partial charge in [0, 0.05) is 43.5 Å². The van der Waals surface area contributed by atoms with Crippen molar-refractivity contribution in [3.8, 4) is 0 Å². The Morgan fingerprint density at radius 1 is 1.16 bits per heavy atom. The second kappa shape index (κ2) is 10.3. The van der Waals surface area contributed by atoms with Crippen LogP contribution in [0.1, 0.15) is 52.4 Å². The number of pyridine rings is 1. The molecular weight excluding hydrogens is 592 g/mol. The summed E-state index contributed by atoms with van der Waals surface area (Å²) in [6.45, 7) is 7.12. The monoisotopic (exact) mass is 622 g/mol. The number of carbonyl (C=O) groups excluding carboxylic acids is 1. The smallest absolute Gasteiger partial charge is 0.285 e. The highest BCUT2D eigenvalue weighted by atomic mass is 35.5. The van der Waals surface area contributed by atoms with E-state index in [1.165, 1.54) is 6.07 Å². The largest absolute Gasteiger partial charge is 0.377 e. The van der Waals surface area contributed by atoms with Crippen molar-refractivity contribution in [3.05, 3.63) is 80.4 Å². The zero-order valence-corrected chi connectivity index (χ0v) is 25.9. The lowest BCUT2D eigenvalue weighted by molar-refractivity contribution is 0.0977. The SMILES string of the molecule is Cc1cc([C@@H](C)Nc2ccc(Cl)nc2C(=O)NS(C)(=O)=O)c2nc(N3C[C@H]4C[C@@]4(c4cnc(C)nc4)C3)n(C)c(=O)c2c1. The van der Waals surface area contributed by atoms with Crippen molar-refractivity contribution < 1.29 is 13.2 Å². The summed E-state index contributed by atoms with van der Waals surface area (Å²) >= 11 is 6.04. The molecule has 3 aromatic heterocycles. The molecule has 224 valence electrons. The molecule has 1 aliphatic carbocycles. The summed E-state index contributed by atoms with van der Waals surface area (Å²) < 4.78 is 27.0. The fourth-order valence-corrected chi connectivity index (χ4v) is 6.72. The van der Waals surface area contributed by atoms with Gasteiger partial charge in [0.1, 0.15) is 11.0 Å². The standard InChI is InChI=1S/C29H31ClN8O4S/c1-15-8-20(16(2)33-22-6-7-23(30)34-25(22)26(39)36-43(5,41)42)24-21(9-15)27(40)37(4)28(35-24)38-13-18-10-29(18,14-38)19-11-31-17(3)32-12-19/h6-9,11-12,16,18,33H,10,13-14H2,1-5H3,(H,36,39)/t16-,18-,29-/m1/s1. The number of hydrogen-bond acceptors (Lipinski definition) is 10. The van der Waals surface area contributed by atoms with Crippen molar-refractivity contribution in [1.29, 1.82) is 0 Å². The van der Waals surface area contributed by atoms with Gasteiger partial charge >= 0.3 is 0 Å². The van der Waals surface area contributed by atoms with Crippen LogP contribution in [0.25, 0.3) is 10.9 Å². The normalized spacial score (nSPS) is 20.1. The van der Waals surface area contributed by atoms with Crippen LogP contribution in [0.5, 0.6) is 0 Å². The van der Waals surface area contributed by atoms with Crippen molar-refractivity contribution in [2.75, 3.05) is 29.6 Å². The van der Waals surface area contributed by atoms with Gasteiger partial charge in [-0.1, -0.05) is 17.7 Å². The molecule has 1 aromatic carbocycles. The quantitative estimate of drug-likeness (QED) is 0.294. The number of nitrogens with one attached hydrogen (secondary N) is 2. The highest BCUT2D eigenvalue weighted by molar-refractivity contribution is 7.89. The summed E-state index contributed by atoms with van der Waals surface area (Å²) in [4.78, 5) is 46.5. The van der Waals surface area contributed by atoms with Gasteiger partial charge in [-0.2, -0.15) is 0 Å². The number of benzene rings is 1. The first-order valence-corrected chi connectivity index (χ1v) is 16.0. The Bertz CT molecular complexity index is 1960. The molecule has 1 aliphatic heterocycles. The number of rotatable bonds is 7. The van der Waals surface area contributed by atoms with E-state index < -0.39 is 22.0 Å². The predicted molar refractivity (Wildman–Crippen MR) is 164 cm³/mol. The molecular formula is C29H31ClN8O4S. The second-order valence-electron chi connectivity index (χ2n) is 11.6. The number of nitrogens with zero attached hydrogens (tertiary/aromatic N) is 6. The molecule has 6 rings (SSSR count). The molecule has 43 heavy (non-hydrogen) atoms. The van der Waals surface area contributed by atoms with Crippen LogP contribution in [0, 0.1) is 19.8 Å². The number of piperidine rings is 1. The molecule has 4 aromatic rings. The minimum atomic E-state index is -3.83. The van der Waals surface area contributed by atoms with Crippen molar-refractivity contribution in [1.82, 2.24) is 29.2 Å². The second-order valence-corrected chi connectivity index (χ2v) is 13.7. The van der Waals surface area contributed by atoms with Crippen LogP contribution in [-0.4, -0.2) is 58.2 Å². The van der Waals surface area contributed by atoms with E-state index in [4.69, 9.17) is 16.6 Å². The number of amides is 1. The maximum atomic E-state index is 13.7. The van der Waals surface area contributed by atoms with Gasteiger partial charge in [0.25, 0.3) is 11.5 Å². The molecule has 0 unspecified atom stereocenters. The van der Waals surface area contributed by atoms with Gasteiger partial charge in [0.05, 0.1) is 28.9 Å². The van der Waals surface area contributed by atoms with Gasteiger partial charge in [0.15, 0.2) is 5.69 Å². The van der Waals surface area contributed by atoms with Crippen LogP contribution in [0.3, 0.4) is 0 Å². The van der Waals surface area contributed by atoms with E-state index in [1.807, 2.05) is 50.0 Å². The Morgan fingerprint density at radius 3 is 2.58 bits per heavy atom. The molecule has 0 bridgehead atoms. The Kier molecular flexibility index (Phi) is 6.92. The van der Waals surface area contributed by atoms with Crippen LogP contribution in [0.15, 0.2) is 41.5 Å². The minimum absolute atomic E-state index is 0.0336. The van der Waals surface area contributed by atoms with E-state index >= 15 is 0 Å². The summed E-state index contributed by atoms with van der Waals surface area (Å²) in [6, 6.07) is 6.38. The summed E-state index contributed by atoms with van der Waals surface area (Å²) in [5, 5.41) is 3.77. The van der Waals surface area contributed by atoms with Gasteiger partial charge in [-0.25, -0.2) is 33.1 Å². The lowest BCUT2D eigenvalue weighted by Crippen LogP contribution is -2.33. The zero-order valence-electron chi connectivity index (χ0n) is 24.3. The number of hydrogen-bond donors (Lipinski definition) is 2. The maximum Gasteiger partial charge on any atom is 0.285 e. The Balaban J connectivity index is 1.37. The summed E-state index contributed by atoms with van der Waals surface area (Å²) in [7, 11) is -2.09. The summed E-state index contributed by atoms with van der Waals surface area (Å²) in [6.07, 6.45) is 5.74. The number of fused-ring (bicyclic) bond motifs is 2. The summed E-state index contributed by atoms with van der Waals surface area (Å²) in [5.41, 5.74) is 3.16. The molecule has 2 fully saturated rings. The van der Waals surface area contributed by atoms with Gasteiger partial charge in [-0.15, -0.1) is 0 Å². The van der Waals surface area contributed by atoms with Crippen molar-refractivity contribution in [3.63, 3.8) is 0 Å². The molecule has 1 amide bonds. The first-order valence-electron chi connectivity index (χ1n) is 13.8. The number of aryl methyl sites for hydroxylation is 2. The number of halogens is 1. The van der Waals surface area contributed by atoms with Gasteiger partial charge < -0.3 is 10.2 Å².